The molecule has 2 N–H and O–H groups in total. The monoisotopic (exact) mass is 447 g/mol. The molecule has 32 heavy (non-hydrogen) atoms. The number of nitrogens with one attached hydrogen (secondary N) is 2. The number of carbonyl (C=O) groups is 2. The van der Waals surface area contributed by atoms with Gasteiger partial charge in [0, 0.05) is 43.2 Å². The summed E-state index contributed by atoms with van der Waals surface area (Å²) in [5, 5.41) is 5.60. The number of methoxy groups -OCH3 is 1. The van der Waals surface area contributed by atoms with E-state index in [1.165, 1.54) is 38.3 Å². The van der Waals surface area contributed by atoms with Crippen LogP contribution in [0.2, 0.25) is 0 Å². The standard InChI is InChI=1S/C23H27F2N3O4/c1-14(29)27-17-5-3-4-15(10-17)23(30)28-22-12-19(20(25)13-26-22)18-7-6-16(24)11-21(18)32-9-8-31-2/h6-7,11-13,15,17H,3-5,8-10H2,1-2H3,(H,27,29)(H,26,28,30). The average molecular weight is 447 g/mol. The molecule has 2 unspecified atom stereocenters. The van der Waals surface area contributed by atoms with Crippen LogP contribution < -0.4 is 15.4 Å². The Morgan fingerprint density at radius 1 is 1.16 bits per heavy atom. The zero-order valence-electron chi connectivity index (χ0n) is 18.1. The predicted octanol–water partition coefficient (Wildman–Crippen LogP) is 3.69. The lowest BCUT2D eigenvalue weighted by atomic mass is 9.85. The maximum absolute atomic E-state index is 14.6. The molecule has 2 atom stereocenters. The fourth-order valence-corrected chi connectivity index (χ4v) is 3.86. The van der Waals surface area contributed by atoms with Crippen molar-refractivity contribution in [2.45, 2.75) is 38.6 Å². The van der Waals surface area contributed by atoms with Crippen LogP contribution in [0.25, 0.3) is 11.1 Å². The molecular weight excluding hydrogens is 420 g/mol. The Labute approximate surface area is 185 Å². The molecule has 1 aliphatic carbocycles. The van der Waals surface area contributed by atoms with Crippen LogP contribution in [0.3, 0.4) is 0 Å². The maximum atomic E-state index is 14.6. The molecule has 0 radical (unpaired) electrons. The zero-order valence-corrected chi connectivity index (χ0v) is 18.1. The molecule has 1 aromatic heterocycles. The second kappa shape index (κ2) is 11.0. The summed E-state index contributed by atoms with van der Waals surface area (Å²) in [6, 6.07) is 5.16. The van der Waals surface area contributed by atoms with Crippen molar-refractivity contribution >= 4 is 17.6 Å². The van der Waals surface area contributed by atoms with Crippen molar-refractivity contribution < 1.29 is 27.8 Å². The van der Waals surface area contributed by atoms with Crippen LogP contribution in [0.15, 0.2) is 30.5 Å². The van der Waals surface area contributed by atoms with E-state index in [9.17, 15) is 18.4 Å². The number of aromatic nitrogens is 1. The molecule has 1 aromatic carbocycles. The van der Waals surface area contributed by atoms with Crippen molar-refractivity contribution in [2.75, 3.05) is 25.6 Å². The van der Waals surface area contributed by atoms with Gasteiger partial charge in [0.2, 0.25) is 11.8 Å². The van der Waals surface area contributed by atoms with Crippen LogP contribution in [0, 0.1) is 17.6 Å². The summed E-state index contributed by atoms with van der Waals surface area (Å²) in [6.45, 7) is 1.91. The lowest BCUT2D eigenvalue weighted by Crippen LogP contribution is -2.40. The minimum absolute atomic E-state index is 0.0419. The molecule has 1 heterocycles. The summed E-state index contributed by atoms with van der Waals surface area (Å²) < 4.78 is 38.8. The van der Waals surface area contributed by atoms with Gasteiger partial charge in [-0.25, -0.2) is 13.8 Å². The highest BCUT2D eigenvalue weighted by Crippen LogP contribution is 2.34. The Morgan fingerprint density at radius 3 is 2.72 bits per heavy atom. The van der Waals surface area contributed by atoms with Crippen molar-refractivity contribution in [3.63, 3.8) is 0 Å². The lowest BCUT2D eigenvalue weighted by Gasteiger charge is -2.28. The first kappa shape index (κ1) is 23.6. The number of ether oxygens (including phenoxy) is 2. The number of pyridine rings is 1. The predicted molar refractivity (Wildman–Crippen MR) is 115 cm³/mol. The average Bonchev–Trinajstić information content (AvgIpc) is 2.75. The molecule has 172 valence electrons. The fourth-order valence-electron chi connectivity index (χ4n) is 3.86. The minimum atomic E-state index is -0.630. The lowest BCUT2D eigenvalue weighted by molar-refractivity contribution is -0.123. The van der Waals surface area contributed by atoms with E-state index in [0.29, 0.717) is 18.4 Å². The van der Waals surface area contributed by atoms with Crippen LogP contribution >= 0.6 is 0 Å². The SMILES string of the molecule is COCCOc1cc(F)ccc1-c1cc(NC(=O)C2CCCC(NC(C)=O)C2)ncc1F. The normalized spacial score (nSPS) is 18.1. The summed E-state index contributed by atoms with van der Waals surface area (Å²) >= 11 is 0. The Bertz CT molecular complexity index is 970. The van der Waals surface area contributed by atoms with E-state index in [4.69, 9.17) is 9.47 Å². The van der Waals surface area contributed by atoms with Gasteiger partial charge in [-0.05, 0) is 37.5 Å². The van der Waals surface area contributed by atoms with Crippen LogP contribution in [0.4, 0.5) is 14.6 Å². The second-order valence-electron chi connectivity index (χ2n) is 7.78. The van der Waals surface area contributed by atoms with E-state index in [0.717, 1.165) is 19.0 Å². The van der Waals surface area contributed by atoms with Gasteiger partial charge in [0.1, 0.15) is 29.8 Å². The number of amides is 2. The van der Waals surface area contributed by atoms with E-state index >= 15 is 0 Å². The molecule has 1 aliphatic rings. The first-order valence-corrected chi connectivity index (χ1v) is 10.5. The van der Waals surface area contributed by atoms with Crippen LogP contribution in [0.1, 0.15) is 32.6 Å². The van der Waals surface area contributed by atoms with Crippen molar-refractivity contribution in [3.8, 4) is 16.9 Å². The number of hydrogen-bond acceptors (Lipinski definition) is 5. The molecule has 7 nitrogen and oxygen atoms in total. The number of anilines is 1. The molecular formula is C23H27F2N3O4. The fraction of sp³-hybridized carbons (Fsp3) is 0.435. The third kappa shape index (κ3) is 6.23. The third-order valence-electron chi connectivity index (χ3n) is 5.34. The molecule has 2 aromatic rings. The van der Waals surface area contributed by atoms with Gasteiger partial charge in [0.15, 0.2) is 0 Å². The van der Waals surface area contributed by atoms with Crippen LogP contribution in [0.5, 0.6) is 5.75 Å². The van der Waals surface area contributed by atoms with Crippen molar-refractivity contribution in [1.82, 2.24) is 10.3 Å². The highest BCUT2D eigenvalue weighted by molar-refractivity contribution is 5.92. The number of rotatable bonds is 8. The van der Waals surface area contributed by atoms with E-state index in [1.807, 2.05) is 0 Å². The van der Waals surface area contributed by atoms with Gasteiger partial charge in [-0.2, -0.15) is 0 Å². The Balaban J connectivity index is 1.78. The van der Waals surface area contributed by atoms with Crippen molar-refractivity contribution in [2.24, 2.45) is 5.92 Å². The van der Waals surface area contributed by atoms with E-state index in [-0.39, 0.29) is 54.1 Å². The number of halogens is 2. The molecule has 9 heteroatoms. The van der Waals surface area contributed by atoms with Gasteiger partial charge in [-0.15, -0.1) is 0 Å². The highest BCUT2D eigenvalue weighted by Gasteiger charge is 2.28. The van der Waals surface area contributed by atoms with E-state index < -0.39 is 11.6 Å². The third-order valence-corrected chi connectivity index (χ3v) is 5.34. The van der Waals surface area contributed by atoms with Crippen molar-refractivity contribution in [3.05, 3.63) is 42.1 Å². The van der Waals surface area contributed by atoms with Gasteiger partial charge >= 0.3 is 0 Å². The summed E-state index contributed by atoms with van der Waals surface area (Å²) in [5.41, 5.74) is 0.462. The van der Waals surface area contributed by atoms with Gasteiger partial charge in [-0.1, -0.05) is 6.42 Å². The second-order valence-corrected chi connectivity index (χ2v) is 7.78. The summed E-state index contributed by atoms with van der Waals surface area (Å²) in [5.74, 6) is -1.45. The summed E-state index contributed by atoms with van der Waals surface area (Å²) in [4.78, 5) is 28.1. The Morgan fingerprint density at radius 2 is 1.97 bits per heavy atom. The van der Waals surface area contributed by atoms with Crippen LogP contribution in [-0.4, -0.2) is 43.2 Å². The molecule has 3 rings (SSSR count). The molecule has 0 saturated heterocycles. The Hall–Kier alpha value is -3.07. The first-order valence-electron chi connectivity index (χ1n) is 10.5. The van der Waals surface area contributed by atoms with Gasteiger partial charge < -0.3 is 20.1 Å². The van der Waals surface area contributed by atoms with Gasteiger partial charge in [-0.3, -0.25) is 9.59 Å². The maximum Gasteiger partial charge on any atom is 0.228 e. The first-order chi connectivity index (χ1) is 15.4. The molecule has 0 aliphatic heterocycles. The number of nitrogens with zero attached hydrogens (tertiary/aromatic N) is 1. The quantitative estimate of drug-likeness (QED) is 0.603. The minimum Gasteiger partial charge on any atom is -0.490 e. The molecule has 1 saturated carbocycles. The highest BCUT2D eigenvalue weighted by atomic mass is 19.1. The topological polar surface area (TPSA) is 89.5 Å². The zero-order chi connectivity index (χ0) is 23.1. The smallest absolute Gasteiger partial charge is 0.228 e. The molecule has 0 bridgehead atoms. The van der Waals surface area contributed by atoms with E-state index in [1.54, 1.807) is 0 Å². The number of hydrogen-bond donors (Lipinski definition) is 2. The molecule has 2 amide bonds. The van der Waals surface area contributed by atoms with Gasteiger partial charge in [0.25, 0.3) is 0 Å². The molecule has 0 spiro atoms. The molecule has 1 fully saturated rings. The van der Waals surface area contributed by atoms with Crippen molar-refractivity contribution in [1.29, 1.82) is 0 Å². The summed E-state index contributed by atoms with van der Waals surface area (Å²) in [7, 11) is 1.51. The number of carbonyl (C=O) groups excluding carboxylic acids is 2. The summed E-state index contributed by atoms with van der Waals surface area (Å²) in [6.07, 6.45) is 3.90. The number of benzene rings is 1. The van der Waals surface area contributed by atoms with Gasteiger partial charge in [0.05, 0.1) is 12.8 Å². The van der Waals surface area contributed by atoms with E-state index in [2.05, 4.69) is 15.6 Å². The van der Waals surface area contributed by atoms with Crippen LogP contribution in [-0.2, 0) is 14.3 Å². The Kier molecular flexibility index (Phi) is 8.10. The largest absolute Gasteiger partial charge is 0.490 e.